The number of nitro benzene ring substituents is 1. The van der Waals surface area contributed by atoms with Gasteiger partial charge < -0.3 is 5.32 Å². The predicted octanol–water partition coefficient (Wildman–Crippen LogP) is 4.98. The van der Waals surface area contributed by atoms with Crippen LogP contribution in [-0.2, 0) is 6.42 Å². The Balaban J connectivity index is 2.22. The SMILES string of the molecule is CCc1ccc(C(C)Nc2ccc(Cl)cc2[N+](=O)[O-])cc1. The van der Waals surface area contributed by atoms with Gasteiger partial charge in [0, 0.05) is 17.1 Å². The van der Waals surface area contributed by atoms with E-state index < -0.39 is 4.92 Å². The summed E-state index contributed by atoms with van der Waals surface area (Å²) in [4.78, 5) is 10.7. The Morgan fingerprint density at radius 1 is 1.24 bits per heavy atom. The Labute approximate surface area is 128 Å². The van der Waals surface area contributed by atoms with Gasteiger partial charge in [0.1, 0.15) is 5.69 Å². The van der Waals surface area contributed by atoms with Gasteiger partial charge in [0.2, 0.25) is 0 Å². The molecule has 0 radical (unpaired) electrons. The van der Waals surface area contributed by atoms with Gasteiger partial charge in [-0.25, -0.2) is 0 Å². The van der Waals surface area contributed by atoms with E-state index in [2.05, 4.69) is 24.4 Å². The molecule has 1 N–H and O–H groups in total. The average Bonchev–Trinajstić information content (AvgIpc) is 2.49. The first-order valence-electron chi connectivity index (χ1n) is 6.80. The van der Waals surface area contributed by atoms with Crippen molar-refractivity contribution in [2.45, 2.75) is 26.3 Å². The fraction of sp³-hybridized carbons (Fsp3) is 0.250. The standard InChI is InChI=1S/C16H17ClN2O2/c1-3-12-4-6-13(7-5-12)11(2)18-15-9-8-14(17)10-16(15)19(20)21/h4-11,18H,3H2,1-2H3. The molecule has 1 atom stereocenters. The average molecular weight is 305 g/mol. The van der Waals surface area contributed by atoms with E-state index in [-0.39, 0.29) is 11.7 Å². The van der Waals surface area contributed by atoms with E-state index in [1.54, 1.807) is 12.1 Å². The zero-order valence-corrected chi connectivity index (χ0v) is 12.7. The summed E-state index contributed by atoms with van der Waals surface area (Å²) in [7, 11) is 0. The van der Waals surface area contributed by atoms with E-state index in [9.17, 15) is 10.1 Å². The Kier molecular flexibility index (Phi) is 4.81. The van der Waals surface area contributed by atoms with Crippen LogP contribution in [0.3, 0.4) is 0 Å². The van der Waals surface area contributed by atoms with Gasteiger partial charge in [-0.3, -0.25) is 10.1 Å². The van der Waals surface area contributed by atoms with E-state index in [1.807, 2.05) is 19.1 Å². The fourth-order valence-corrected chi connectivity index (χ4v) is 2.30. The maximum absolute atomic E-state index is 11.1. The Bertz CT molecular complexity index is 641. The quantitative estimate of drug-likeness (QED) is 0.626. The van der Waals surface area contributed by atoms with Crippen molar-refractivity contribution in [3.05, 3.63) is 68.7 Å². The van der Waals surface area contributed by atoms with E-state index in [1.165, 1.54) is 11.6 Å². The molecule has 0 saturated carbocycles. The van der Waals surface area contributed by atoms with Crippen molar-refractivity contribution < 1.29 is 4.92 Å². The molecule has 0 saturated heterocycles. The zero-order valence-electron chi connectivity index (χ0n) is 12.0. The second-order valence-electron chi connectivity index (χ2n) is 4.88. The van der Waals surface area contributed by atoms with Gasteiger partial charge in [0.05, 0.1) is 4.92 Å². The normalized spacial score (nSPS) is 12.0. The van der Waals surface area contributed by atoms with E-state index in [4.69, 9.17) is 11.6 Å². The zero-order chi connectivity index (χ0) is 15.4. The van der Waals surface area contributed by atoms with Gasteiger partial charge in [-0.15, -0.1) is 0 Å². The molecule has 110 valence electrons. The third kappa shape index (κ3) is 3.73. The van der Waals surface area contributed by atoms with Crippen molar-refractivity contribution in [1.29, 1.82) is 0 Å². The smallest absolute Gasteiger partial charge is 0.293 e. The lowest BCUT2D eigenvalue weighted by Gasteiger charge is -2.16. The summed E-state index contributed by atoms with van der Waals surface area (Å²) in [5.41, 5.74) is 2.80. The summed E-state index contributed by atoms with van der Waals surface area (Å²) in [5.74, 6) is 0. The highest BCUT2D eigenvalue weighted by Crippen LogP contribution is 2.30. The minimum absolute atomic E-state index is 0.0143. The molecule has 2 rings (SSSR count). The molecule has 4 nitrogen and oxygen atoms in total. The number of benzene rings is 2. The second-order valence-corrected chi connectivity index (χ2v) is 5.32. The van der Waals surface area contributed by atoms with Crippen molar-refractivity contribution in [1.82, 2.24) is 0 Å². The number of aryl methyl sites for hydroxylation is 1. The minimum Gasteiger partial charge on any atom is -0.373 e. The molecule has 0 fully saturated rings. The molecule has 0 spiro atoms. The van der Waals surface area contributed by atoms with Crippen LogP contribution >= 0.6 is 11.6 Å². The number of hydrogen-bond donors (Lipinski definition) is 1. The van der Waals surface area contributed by atoms with E-state index >= 15 is 0 Å². The largest absolute Gasteiger partial charge is 0.373 e. The number of nitrogens with zero attached hydrogens (tertiary/aromatic N) is 1. The highest BCUT2D eigenvalue weighted by atomic mass is 35.5. The molecule has 0 heterocycles. The van der Waals surface area contributed by atoms with Crippen molar-refractivity contribution >= 4 is 23.0 Å². The van der Waals surface area contributed by atoms with E-state index in [0.29, 0.717) is 10.7 Å². The van der Waals surface area contributed by atoms with Crippen molar-refractivity contribution in [3.8, 4) is 0 Å². The number of nitrogens with one attached hydrogen (secondary N) is 1. The van der Waals surface area contributed by atoms with Crippen LogP contribution in [0.5, 0.6) is 0 Å². The maximum atomic E-state index is 11.1. The number of rotatable bonds is 5. The van der Waals surface area contributed by atoms with Crippen LogP contribution in [0, 0.1) is 10.1 Å². The molecule has 0 aromatic heterocycles. The van der Waals surface area contributed by atoms with Crippen molar-refractivity contribution in [2.24, 2.45) is 0 Å². The third-order valence-corrected chi connectivity index (χ3v) is 3.65. The molecular weight excluding hydrogens is 288 g/mol. The fourth-order valence-electron chi connectivity index (χ4n) is 2.14. The molecule has 2 aromatic carbocycles. The third-order valence-electron chi connectivity index (χ3n) is 3.42. The summed E-state index contributed by atoms with van der Waals surface area (Å²) < 4.78 is 0. The van der Waals surface area contributed by atoms with Crippen LogP contribution in [0.2, 0.25) is 5.02 Å². The van der Waals surface area contributed by atoms with Crippen molar-refractivity contribution in [2.75, 3.05) is 5.32 Å². The molecule has 21 heavy (non-hydrogen) atoms. The Hall–Kier alpha value is -2.07. The summed E-state index contributed by atoms with van der Waals surface area (Å²) in [6, 6.07) is 12.8. The molecule has 5 heteroatoms. The maximum Gasteiger partial charge on any atom is 0.293 e. The molecule has 0 aliphatic carbocycles. The lowest BCUT2D eigenvalue weighted by Crippen LogP contribution is -2.08. The first-order valence-corrected chi connectivity index (χ1v) is 7.18. The highest BCUT2D eigenvalue weighted by Gasteiger charge is 2.16. The van der Waals surface area contributed by atoms with Gasteiger partial charge in [-0.05, 0) is 36.6 Å². The van der Waals surface area contributed by atoms with Crippen molar-refractivity contribution in [3.63, 3.8) is 0 Å². The summed E-state index contributed by atoms with van der Waals surface area (Å²) >= 11 is 5.82. The lowest BCUT2D eigenvalue weighted by atomic mass is 10.0. The minimum atomic E-state index is -0.429. The highest BCUT2D eigenvalue weighted by molar-refractivity contribution is 6.30. The number of nitro groups is 1. The van der Waals surface area contributed by atoms with Crippen LogP contribution in [0.15, 0.2) is 42.5 Å². The topological polar surface area (TPSA) is 55.2 Å². The summed E-state index contributed by atoms with van der Waals surface area (Å²) in [5, 5.41) is 14.6. The first-order chi connectivity index (χ1) is 10.0. The monoisotopic (exact) mass is 304 g/mol. The number of anilines is 1. The Morgan fingerprint density at radius 3 is 2.48 bits per heavy atom. The molecule has 0 bridgehead atoms. The Morgan fingerprint density at radius 2 is 1.90 bits per heavy atom. The van der Waals surface area contributed by atoms with Crippen LogP contribution in [0.25, 0.3) is 0 Å². The van der Waals surface area contributed by atoms with Gasteiger partial charge in [-0.2, -0.15) is 0 Å². The molecule has 0 amide bonds. The second kappa shape index (κ2) is 6.59. The van der Waals surface area contributed by atoms with Gasteiger partial charge in [0.15, 0.2) is 0 Å². The molecule has 2 aromatic rings. The van der Waals surface area contributed by atoms with Gasteiger partial charge in [-0.1, -0.05) is 42.8 Å². The molecule has 0 aliphatic rings. The summed E-state index contributed by atoms with van der Waals surface area (Å²) in [6.45, 7) is 4.08. The van der Waals surface area contributed by atoms with Gasteiger partial charge in [0.25, 0.3) is 5.69 Å². The van der Waals surface area contributed by atoms with Gasteiger partial charge >= 0.3 is 0 Å². The van der Waals surface area contributed by atoms with E-state index in [0.717, 1.165) is 12.0 Å². The molecule has 0 aliphatic heterocycles. The van der Waals surface area contributed by atoms with Crippen LogP contribution < -0.4 is 5.32 Å². The van der Waals surface area contributed by atoms with Crippen LogP contribution in [-0.4, -0.2) is 4.92 Å². The molecular formula is C16H17ClN2O2. The number of halogens is 1. The van der Waals surface area contributed by atoms with Crippen LogP contribution in [0.4, 0.5) is 11.4 Å². The predicted molar refractivity (Wildman–Crippen MR) is 86.0 cm³/mol. The van der Waals surface area contributed by atoms with Crippen LogP contribution in [0.1, 0.15) is 31.0 Å². The number of hydrogen-bond acceptors (Lipinski definition) is 3. The molecule has 1 unspecified atom stereocenters. The lowest BCUT2D eigenvalue weighted by molar-refractivity contribution is -0.384. The first kappa shape index (κ1) is 15.3. The summed E-state index contributed by atoms with van der Waals surface area (Å²) in [6.07, 6.45) is 0.991.